The molecular weight excluding hydrogens is 510 g/mol. The predicted molar refractivity (Wildman–Crippen MR) is 177 cm³/mol. The lowest BCUT2D eigenvalue weighted by molar-refractivity contribution is 0.669. The Balaban J connectivity index is 1.27. The van der Waals surface area contributed by atoms with E-state index in [1.807, 2.05) is 12.1 Å². The van der Waals surface area contributed by atoms with Crippen LogP contribution in [-0.4, -0.2) is 0 Å². The fourth-order valence-electron chi connectivity index (χ4n) is 5.93. The van der Waals surface area contributed by atoms with Crippen LogP contribution in [0.3, 0.4) is 0 Å². The van der Waals surface area contributed by atoms with Gasteiger partial charge in [0, 0.05) is 33.9 Å². The zero-order valence-corrected chi connectivity index (χ0v) is 22.9. The highest BCUT2D eigenvalue weighted by Crippen LogP contribution is 2.40. The molecule has 8 rings (SSSR count). The van der Waals surface area contributed by atoms with Crippen molar-refractivity contribution in [1.82, 2.24) is 0 Å². The maximum Gasteiger partial charge on any atom is 0.137 e. The van der Waals surface area contributed by atoms with Crippen LogP contribution in [-0.2, 0) is 0 Å². The SMILES string of the molecule is c1ccc(-c2ccc(N(c3cccc(-c4ccc5ccccc5c4)c3)c3ccc4c(c3)oc3ccccc34)cc2)cc1. The summed E-state index contributed by atoms with van der Waals surface area (Å²) in [5.41, 5.74) is 9.77. The average Bonchev–Trinajstić information content (AvgIpc) is 3.43. The first-order chi connectivity index (χ1) is 20.8. The summed E-state index contributed by atoms with van der Waals surface area (Å²) in [5, 5.41) is 4.75. The molecule has 0 bridgehead atoms. The van der Waals surface area contributed by atoms with Gasteiger partial charge in [0.15, 0.2) is 0 Å². The molecule has 0 saturated carbocycles. The summed E-state index contributed by atoms with van der Waals surface area (Å²) in [4.78, 5) is 2.31. The average molecular weight is 538 g/mol. The first kappa shape index (κ1) is 24.2. The first-order valence-electron chi connectivity index (χ1n) is 14.3. The molecule has 0 saturated heterocycles. The van der Waals surface area contributed by atoms with Gasteiger partial charge in [-0.05, 0) is 81.6 Å². The molecule has 2 heteroatoms. The van der Waals surface area contributed by atoms with Crippen molar-refractivity contribution in [3.8, 4) is 22.3 Å². The van der Waals surface area contributed by atoms with Crippen LogP contribution < -0.4 is 4.90 Å². The molecule has 0 atom stereocenters. The summed E-state index contributed by atoms with van der Waals surface area (Å²) < 4.78 is 6.30. The molecule has 0 aliphatic heterocycles. The molecule has 1 heterocycles. The van der Waals surface area contributed by atoms with E-state index < -0.39 is 0 Å². The Morgan fingerprint density at radius 2 is 0.952 bits per heavy atom. The van der Waals surface area contributed by atoms with Crippen molar-refractivity contribution in [2.45, 2.75) is 0 Å². The zero-order chi connectivity index (χ0) is 27.9. The molecule has 0 N–H and O–H groups in total. The van der Waals surface area contributed by atoms with Gasteiger partial charge in [0.2, 0.25) is 0 Å². The number of nitrogens with zero attached hydrogens (tertiary/aromatic N) is 1. The van der Waals surface area contributed by atoms with Crippen LogP contribution in [0.15, 0.2) is 168 Å². The molecule has 1 aromatic heterocycles. The Bertz CT molecular complexity index is 2190. The maximum atomic E-state index is 6.30. The molecule has 0 amide bonds. The standard InChI is InChI=1S/C40H27NO/c1-2-9-28(10-3-1)30-19-21-34(22-20-30)41(36-23-24-38-37-15-6-7-16-39(37)42-40(38)27-36)35-14-8-13-32(26-35)33-18-17-29-11-4-5-12-31(29)25-33/h1-27H. The molecule has 2 nitrogen and oxygen atoms in total. The molecule has 0 aliphatic carbocycles. The van der Waals surface area contributed by atoms with Crippen LogP contribution >= 0.6 is 0 Å². The number of para-hydroxylation sites is 1. The molecule has 0 fully saturated rings. The summed E-state index contributed by atoms with van der Waals surface area (Å²) in [6.45, 7) is 0. The van der Waals surface area contributed by atoms with Gasteiger partial charge < -0.3 is 9.32 Å². The van der Waals surface area contributed by atoms with E-state index >= 15 is 0 Å². The highest BCUT2D eigenvalue weighted by atomic mass is 16.3. The summed E-state index contributed by atoms with van der Waals surface area (Å²) in [5.74, 6) is 0. The number of fused-ring (bicyclic) bond motifs is 4. The first-order valence-corrected chi connectivity index (χ1v) is 14.3. The van der Waals surface area contributed by atoms with Crippen LogP contribution in [0.2, 0.25) is 0 Å². The van der Waals surface area contributed by atoms with E-state index in [1.165, 1.54) is 33.0 Å². The third kappa shape index (κ3) is 4.31. The topological polar surface area (TPSA) is 16.4 Å². The van der Waals surface area contributed by atoms with Crippen molar-refractivity contribution >= 4 is 49.8 Å². The highest BCUT2D eigenvalue weighted by molar-refractivity contribution is 6.06. The second kappa shape index (κ2) is 10.1. The summed E-state index contributed by atoms with van der Waals surface area (Å²) in [7, 11) is 0. The number of rotatable bonds is 5. The van der Waals surface area contributed by atoms with Crippen molar-refractivity contribution in [2.75, 3.05) is 4.90 Å². The van der Waals surface area contributed by atoms with Gasteiger partial charge in [-0.25, -0.2) is 0 Å². The lowest BCUT2D eigenvalue weighted by Gasteiger charge is -2.26. The van der Waals surface area contributed by atoms with E-state index in [4.69, 9.17) is 4.42 Å². The van der Waals surface area contributed by atoms with E-state index in [0.717, 1.165) is 39.0 Å². The summed E-state index contributed by atoms with van der Waals surface area (Å²) in [6.07, 6.45) is 0. The minimum Gasteiger partial charge on any atom is -0.456 e. The van der Waals surface area contributed by atoms with Gasteiger partial charge in [-0.3, -0.25) is 0 Å². The number of anilines is 3. The van der Waals surface area contributed by atoms with Gasteiger partial charge >= 0.3 is 0 Å². The minimum atomic E-state index is 0.880. The quantitative estimate of drug-likeness (QED) is 0.217. The van der Waals surface area contributed by atoms with Crippen molar-refractivity contribution in [3.63, 3.8) is 0 Å². The third-order valence-corrected chi connectivity index (χ3v) is 8.04. The molecule has 7 aromatic carbocycles. The zero-order valence-electron chi connectivity index (χ0n) is 22.9. The van der Waals surface area contributed by atoms with Crippen LogP contribution in [0.4, 0.5) is 17.1 Å². The Morgan fingerprint density at radius 3 is 1.83 bits per heavy atom. The molecular formula is C40H27NO. The monoisotopic (exact) mass is 537 g/mol. The highest BCUT2D eigenvalue weighted by Gasteiger charge is 2.16. The van der Waals surface area contributed by atoms with Crippen LogP contribution in [0.1, 0.15) is 0 Å². The van der Waals surface area contributed by atoms with Crippen molar-refractivity contribution in [2.24, 2.45) is 0 Å². The molecule has 0 radical (unpaired) electrons. The Hall–Kier alpha value is -5.60. The number of benzene rings is 7. The normalized spacial score (nSPS) is 11.3. The Kier molecular flexibility index (Phi) is 5.82. The molecule has 0 unspecified atom stereocenters. The van der Waals surface area contributed by atoms with Crippen LogP contribution in [0.25, 0.3) is 55.0 Å². The molecule has 8 aromatic rings. The molecule has 42 heavy (non-hydrogen) atoms. The van der Waals surface area contributed by atoms with Gasteiger partial charge in [-0.2, -0.15) is 0 Å². The van der Waals surface area contributed by atoms with Crippen molar-refractivity contribution < 1.29 is 4.42 Å². The number of hydrogen-bond donors (Lipinski definition) is 0. The van der Waals surface area contributed by atoms with Gasteiger partial charge in [0.05, 0.1) is 0 Å². The fraction of sp³-hybridized carbons (Fsp3) is 0. The Morgan fingerprint density at radius 1 is 0.333 bits per heavy atom. The largest absolute Gasteiger partial charge is 0.456 e. The van der Waals surface area contributed by atoms with Gasteiger partial charge in [-0.1, -0.05) is 109 Å². The predicted octanol–water partition coefficient (Wildman–Crippen LogP) is 11.5. The van der Waals surface area contributed by atoms with E-state index in [-0.39, 0.29) is 0 Å². The maximum absolute atomic E-state index is 6.30. The summed E-state index contributed by atoms with van der Waals surface area (Å²) >= 11 is 0. The van der Waals surface area contributed by atoms with E-state index in [1.54, 1.807) is 0 Å². The second-order valence-corrected chi connectivity index (χ2v) is 10.6. The fourth-order valence-corrected chi connectivity index (χ4v) is 5.93. The number of furan rings is 1. The Labute approximate surface area is 244 Å². The lowest BCUT2D eigenvalue weighted by Crippen LogP contribution is -2.10. The van der Waals surface area contributed by atoms with Gasteiger partial charge in [0.1, 0.15) is 11.2 Å². The van der Waals surface area contributed by atoms with E-state index in [9.17, 15) is 0 Å². The number of hydrogen-bond acceptors (Lipinski definition) is 2. The summed E-state index contributed by atoms with van der Waals surface area (Å²) in [6, 6.07) is 58.0. The third-order valence-electron chi connectivity index (χ3n) is 8.04. The van der Waals surface area contributed by atoms with Crippen molar-refractivity contribution in [3.05, 3.63) is 164 Å². The van der Waals surface area contributed by atoms with E-state index in [2.05, 4.69) is 157 Å². The minimum absolute atomic E-state index is 0.880. The lowest BCUT2D eigenvalue weighted by atomic mass is 10.00. The molecule has 0 aliphatic rings. The van der Waals surface area contributed by atoms with Gasteiger partial charge in [-0.15, -0.1) is 0 Å². The van der Waals surface area contributed by atoms with E-state index in [0.29, 0.717) is 0 Å². The molecule has 198 valence electrons. The van der Waals surface area contributed by atoms with Gasteiger partial charge in [0.25, 0.3) is 0 Å². The smallest absolute Gasteiger partial charge is 0.137 e. The molecule has 0 spiro atoms. The van der Waals surface area contributed by atoms with Crippen LogP contribution in [0, 0.1) is 0 Å². The van der Waals surface area contributed by atoms with Crippen molar-refractivity contribution in [1.29, 1.82) is 0 Å². The second-order valence-electron chi connectivity index (χ2n) is 10.6. The van der Waals surface area contributed by atoms with Crippen LogP contribution in [0.5, 0.6) is 0 Å².